The zero-order chi connectivity index (χ0) is 15.4. The summed E-state index contributed by atoms with van der Waals surface area (Å²) in [7, 11) is 0. The van der Waals surface area contributed by atoms with Gasteiger partial charge in [-0.1, -0.05) is 6.07 Å². The van der Waals surface area contributed by atoms with E-state index in [1.54, 1.807) is 30.3 Å². The van der Waals surface area contributed by atoms with Gasteiger partial charge < -0.3 is 24.1 Å². The highest BCUT2D eigenvalue weighted by Gasteiger charge is 2.13. The van der Waals surface area contributed by atoms with Crippen LogP contribution in [0.4, 0.5) is 0 Å². The van der Waals surface area contributed by atoms with E-state index in [1.807, 2.05) is 6.07 Å². The van der Waals surface area contributed by atoms with Crippen molar-refractivity contribution in [3.8, 4) is 23.0 Å². The summed E-state index contributed by atoms with van der Waals surface area (Å²) in [5.41, 5.74) is 1.45. The lowest BCUT2D eigenvalue weighted by Gasteiger charge is -1.97. The minimum atomic E-state index is 0. The third-order valence-corrected chi connectivity index (χ3v) is 3.15. The van der Waals surface area contributed by atoms with Crippen molar-refractivity contribution in [2.24, 2.45) is 0 Å². The molecule has 0 unspecified atom stereocenters. The Labute approximate surface area is 128 Å². The number of benzene rings is 2. The van der Waals surface area contributed by atoms with Crippen LogP contribution in [-0.2, 0) is 6.61 Å². The predicted molar refractivity (Wildman–Crippen MR) is 78.6 cm³/mol. The van der Waals surface area contributed by atoms with Crippen molar-refractivity contribution in [3.05, 3.63) is 47.5 Å². The Hall–Kier alpha value is -2.73. The van der Waals surface area contributed by atoms with E-state index in [4.69, 9.17) is 24.1 Å². The number of ether oxygens (including phenoxy) is 4. The molecule has 116 valence electrons. The summed E-state index contributed by atoms with van der Waals surface area (Å²) in [6.45, 7) is 0.568. The second-order valence-electron chi connectivity index (χ2n) is 4.58. The summed E-state index contributed by atoms with van der Waals surface area (Å²) in [4.78, 5) is 10.3. The van der Waals surface area contributed by atoms with Gasteiger partial charge in [0.25, 0.3) is 0 Å². The van der Waals surface area contributed by atoms with Crippen LogP contribution in [0, 0.1) is 0 Å². The zero-order valence-corrected chi connectivity index (χ0v) is 11.7. The number of fused-ring (bicyclic) bond motifs is 2. The number of aliphatic hydroxyl groups is 1. The van der Waals surface area contributed by atoms with Crippen LogP contribution >= 0.6 is 0 Å². The number of carbonyl (C=O) groups is 1. The van der Waals surface area contributed by atoms with Gasteiger partial charge in [-0.25, -0.2) is 0 Å². The molecule has 0 spiro atoms. The van der Waals surface area contributed by atoms with Gasteiger partial charge in [0.2, 0.25) is 13.6 Å². The van der Waals surface area contributed by atoms with Gasteiger partial charge in [0.15, 0.2) is 23.0 Å². The second-order valence-corrected chi connectivity index (χ2v) is 4.58. The van der Waals surface area contributed by atoms with Gasteiger partial charge in [0, 0.05) is 6.99 Å². The van der Waals surface area contributed by atoms with Crippen LogP contribution in [-0.4, -0.2) is 25.0 Å². The minimum Gasteiger partial charge on any atom is -0.454 e. The maximum absolute atomic E-state index is 10.3. The van der Waals surface area contributed by atoms with Gasteiger partial charge in [-0.15, -0.1) is 0 Å². The fourth-order valence-electron chi connectivity index (χ4n) is 2.03. The highest BCUT2D eigenvalue weighted by atomic mass is 16.7. The molecule has 2 aromatic rings. The van der Waals surface area contributed by atoms with E-state index in [0.29, 0.717) is 17.1 Å². The molecule has 2 aliphatic heterocycles. The van der Waals surface area contributed by atoms with Crippen LogP contribution in [0.15, 0.2) is 36.4 Å². The van der Waals surface area contributed by atoms with Crippen LogP contribution in [0.3, 0.4) is 0 Å². The summed E-state index contributed by atoms with van der Waals surface area (Å²) in [6, 6.07) is 10.5. The number of hydrogen-bond donors (Lipinski definition) is 1. The van der Waals surface area contributed by atoms with Gasteiger partial charge in [-0.3, -0.25) is 4.79 Å². The second kappa shape index (κ2) is 6.36. The molecule has 6 heteroatoms. The van der Waals surface area contributed by atoms with Crippen LogP contribution < -0.4 is 18.9 Å². The standard InChI is InChI=1S/C8H8O3.C8H6O3.H2/c2*9-4-6-1-2-7-8(3-6)11-5-10-7;/h1-3,9H,4-5H2;1-4H,5H2;1H. The zero-order valence-electron chi connectivity index (χ0n) is 11.7. The van der Waals surface area contributed by atoms with Crippen molar-refractivity contribution >= 4 is 6.29 Å². The van der Waals surface area contributed by atoms with Crippen LogP contribution in [0.1, 0.15) is 17.3 Å². The highest BCUT2D eigenvalue weighted by Crippen LogP contribution is 2.32. The summed E-state index contributed by atoms with van der Waals surface area (Å²) in [5.74, 6) is 2.82. The summed E-state index contributed by atoms with van der Waals surface area (Å²) < 4.78 is 20.3. The van der Waals surface area contributed by atoms with Crippen LogP contribution in [0.2, 0.25) is 0 Å². The number of carbonyl (C=O) groups excluding carboxylic acids is 1. The fourth-order valence-corrected chi connectivity index (χ4v) is 2.03. The molecule has 2 aromatic carbocycles. The summed E-state index contributed by atoms with van der Waals surface area (Å²) in [5, 5.41) is 8.77. The Morgan fingerprint density at radius 1 is 0.909 bits per heavy atom. The Balaban J connectivity index is 0.000000160. The molecule has 0 amide bonds. The molecule has 0 saturated heterocycles. The molecular formula is C16H16O6. The van der Waals surface area contributed by atoms with E-state index < -0.39 is 0 Å². The molecule has 2 heterocycles. The Morgan fingerprint density at radius 3 is 2.14 bits per heavy atom. The first kappa shape index (κ1) is 14.2. The average molecular weight is 304 g/mol. The molecule has 4 rings (SSSR count). The van der Waals surface area contributed by atoms with Crippen molar-refractivity contribution in [2.75, 3.05) is 13.6 Å². The molecule has 0 aliphatic carbocycles. The molecule has 1 N–H and O–H groups in total. The molecule has 0 saturated carbocycles. The smallest absolute Gasteiger partial charge is 0.231 e. The van der Waals surface area contributed by atoms with E-state index in [2.05, 4.69) is 0 Å². The van der Waals surface area contributed by atoms with Crippen molar-refractivity contribution in [1.29, 1.82) is 0 Å². The third-order valence-electron chi connectivity index (χ3n) is 3.15. The third kappa shape index (κ3) is 2.96. The van der Waals surface area contributed by atoms with Gasteiger partial charge in [0.05, 0.1) is 6.61 Å². The molecular weight excluding hydrogens is 288 g/mol. The predicted octanol–water partition coefficient (Wildman–Crippen LogP) is 2.38. The molecule has 22 heavy (non-hydrogen) atoms. The lowest BCUT2D eigenvalue weighted by molar-refractivity contribution is 0.112. The number of aldehydes is 1. The Kier molecular flexibility index (Phi) is 4.11. The number of rotatable bonds is 2. The maximum atomic E-state index is 10.3. The lowest BCUT2D eigenvalue weighted by Crippen LogP contribution is -1.92. The van der Waals surface area contributed by atoms with E-state index in [0.717, 1.165) is 23.3 Å². The van der Waals surface area contributed by atoms with Crippen LogP contribution in [0.25, 0.3) is 0 Å². The monoisotopic (exact) mass is 304 g/mol. The van der Waals surface area contributed by atoms with E-state index >= 15 is 0 Å². The number of hydrogen-bond acceptors (Lipinski definition) is 6. The van der Waals surface area contributed by atoms with Gasteiger partial charge in [-0.2, -0.15) is 0 Å². The molecule has 0 radical (unpaired) electrons. The molecule has 0 atom stereocenters. The summed E-state index contributed by atoms with van der Waals surface area (Å²) >= 11 is 0. The van der Waals surface area contributed by atoms with E-state index in [9.17, 15) is 4.79 Å². The fraction of sp³-hybridized carbons (Fsp3) is 0.188. The Morgan fingerprint density at radius 2 is 1.50 bits per heavy atom. The van der Waals surface area contributed by atoms with Crippen molar-refractivity contribution in [2.45, 2.75) is 6.61 Å². The number of aliphatic hydroxyl groups excluding tert-OH is 1. The SMILES string of the molecule is O=Cc1ccc2c(c1)OCO2.OCc1ccc2c(c1)OCO2.[HH]. The molecule has 0 bridgehead atoms. The molecule has 0 aromatic heterocycles. The van der Waals surface area contributed by atoms with Gasteiger partial charge >= 0.3 is 0 Å². The van der Waals surface area contributed by atoms with E-state index in [-0.39, 0.29) is 21.6 Å². The average Bonchev–Trinajstić information content (AvgIpc) is 3.22. The Bertz CT molecular complexity index is 688. The first-order valence-electron chi connectivity index (χ1n) is 6.64. The van der Waals surface area contributed by atoms with Crippen molar-refractivity contribution in [1.82, 2.24) is 0 Å². The first-order chi connectivity index (χ1) is 10.8. The molecule has 6 nitrogen and oxygen atoms in total. The first-order valence-corrected chi connectivity index (χ1v) is 6.64. The van der Waals surface area contributed by atoms with Crippen molar-refractivity contribution < 1.29 is 30.3 Å². The van der Waals surface area contributed by atoms with E-state index in [1.165, 1.54) is 0 Å². The normalized spacial score (nSPS) is 13.3. The van der Waals surface area contributed by atoms with Crippen LogP contribution in [0.5, 0.6) is 23.0 Å². The molecule has 2 aliphatic rings. The lowest BCUT2D eigenvalue weighted by atomic mass is 10.2. The maximum Gasteiger partial charge on any atom is 0.231 e. The van der Waals surface area contributed by atoms with Gasteiger partial charge in [-0.05, 0) is 35.9 Å². The van der Waals surface area contributed by atoms with Crippen molar-refractivity contribution in [3.63, 3.8) is 0 Å². The summed E-state index contributed by atoms with van der Waals surface area (Å²) in [6.07, 6.45) is 0.780. The highest BCUT2D eigenvalue weighted by molar-refractivity contribution is 5.76. The minimum absolute atomic E-state index is 0. The molecule has 0 fully saturated rings. The largest absolute Gasteiger partial charge is 0.454 e. The van der Waals surface area contributed by atoms with Gasteiger partial charge in [0.1, 0.15) is 6.29 Å². The quantitative estimate of drug-likeness (QED) is 0.859. The topological polar surface area (TPSA) is 74.2 Å².